The minimum Gasteiger partial charge on any atom is -0.506 e. The highest BCUT2D eigenvalue weighted by Crippen LogP contribution is 2.29. The highest BCUT2D eigenvalue weighted by atomic mass is 32.2. The largest absolute Gasteiger partial charge is 0.506 e. The van der Waals surface area contributed by atoms with E-state index >= 15 is 0 Å². The lowest BCUT2D eigenvalue weighted by atomic mass is 10.1. The Labute approximate surface area is 131 Å². The van der Waals surface area contributed by atoms with E-state index in [1.807, 2.05) is 13.8 Å². The summed E-state index contributed by atoms with van der Waals surface area (Å²) < 4.78 is 26.4. The summed E-state index contributed by atoms with van der Waals surface area (Å²) in [5, 5.41) is 12.4. The fourth-order valence-electron chi connectivity index (χ4n) is 2.43. The second kappa shape index (κ2) is 6.66. The van der Waals surface area contributed by atoms with Gasteiger partial charge in [-0.3, -0.25) is 4.79 Å². The SMILES string of the molecule is CC(C)CC(=O)Nc1cc(S(=O)(=O)N2CCCC2)ccc1O. The van der Waals surface area contributed by atoms with Crippen molar-refractivity contribution < 1.29 is 18.3 Å². The van der Waals surface area contributed by atoms with Crippen molar-refractivity contribution in [1.82, 2.24) is 4.31 Å². The van der Waals surface area contributed by atoms with Gasteiger partial charge in [0.15, 0.2) is 0 Å². The van der Waals surface area contributed by atoms with Crippen molar-refractivity contribution in [3.63, 3.8) is 0 Å². The lowest BCUT2D eigenvalue weighted by Crippen LogP contribution is -2.28. The van der Waals surface area contributed by atoms with Crippen molar-refractivity contribution in [3.05, 3.63) is 18.2 Å². The molecule has 7 heteroatoms. The first-order chi connectivity index (χ1) is 10.3. The molecule has 1 aromatic carbocycles. The van der Waals surface area contributed by atoms with E-state index in [0.29, 0.717) is 19.5 Å². The molecular formula is C15H22N2O4S. The number of sulfonamides is 1. The summed E-state index contributed by atoms with van der Waals surface area (Å²) in [7, 11) is -3.57. The normalized spacial score (nSPS) is 16.1. The number of hydrogen-bond acceptors (Lipinski definition) is 4. The fourth-order valence-corrected chi connectivity index (χ4v) is 3.97. The van der Waals surface area contributed by atoms with Crippen LogP contribution in [0.3, 0.4) is 0 Å². The molecule has 0 radical (unpaired) electrons. The zero-order chi connectivity index (χ0) is 16.3. The molecule has 6 nitrogen and oxygen atoms in total. The summed E-state index contributed by atoms with van der Waals surface area (Å²) in [5.41, 5.74) is 0.130. The van der Waals surface area contributed by atoms with Gasteiger partial charge in [0.2, 0.25) is 15.9 Å². The summed E-state index contributed by atoms with van der Waals surface area (Å²) >= 11 is 0. The molecular weight excluding hydrogens is 304 g/mol. The summed E-state index contributed by atoms with van der Waals surface area (Å²) in [6.45, 7) is 4.85. The third kappa shape index (κ3) is 3.78. The molecule has 122 valence electrons. The van der Waals surface area contributed by atoms with Gasteiger partial charge >= 0.3 is 0 Å². The van der Waals surface area contributed by atoms with Crippen LogP contribution in [0.15, 0.2) is 23.1 Å². The number of carbonyl (C=O) groups excluding carboxylic acids is 1. The number of phenolic OH excluding ortho intramolecular Hbond substituents is 1. The average Bonchev–Trinajstić information content (AvgIpc) is 2.94. The van der Waals surface area contributed by atoms with E-state index in [4.69, 9.17) is 0 Å². The Morgan fingerprint density at radius 1 is 1.32 bits per heavy atom. The van der Waals surface area contributed by atoms with Gasteiger partial charge in [0.1, 0.15) is 5.75 Å². The first-order valence-corrected chi connectivity index (χ1v) is 8.87. The Morgan fingerprint density at radius 2 is 1.95 bits per heavy atom. The molecule has 1 saturated heterocycles. The molecule has 0 atom stereocenters. The van der Waals surface area contributed by atoms with Gasteiger partial charge in [0.25, 0.3) is 0 Å². The molecule has 22 heavy (non-hydrogen) atoms. The highest BCUT2D eigenvalue weighted by molar-refractivity contribution is 7.89. The van der Waals surface area contributed by atoms with Crippen LogP contribution in [-0.4, -0.2) is 36.8 Å². The number of hydrogen-bond donors (Lipinski definition) is 2. The van der Waals surface area contributed by atoms with E-state index in [1.54, 1.807) is 0 Å². The van der Waals surface area contributed by atoms with Crippen LogP contribution in [-0.2, 0) is 14.8 Å². The van der Waals surface area contributed by atoms with Gasteiger partial charge in [-0.1, -0.05) is 13.8 Å². The van der Waals surface area contributed by atoms with Gasteiger partial charge in [0, 0.05) is 19.5 Å². The van der Waals surface area contributed by atoms with Gasteiger partial charge in [-0.15, -0.1) is 0 Å². The van der Waals surface area contributed by atoms with Crippen LogP contribution >= 0.6 is 0 Å². The van der Waals surface area contributed by atoms with Crippen LogP contribution in [0, 0.1) is 5.92 Å². The van der Waals surface area contributed by atoms with Crippen molar-refractivity contribution in [2.45, 2.75) is 38.0 Å². The molecule has 0 spiro atoms. The van der Waals surface area contributed by atoms with E-state index in [-0.39, 0.29) is 28.2 Å². The number of aromatic hydroxyl groups is 1. The average molecular weight is 326 g/mol. The maximum Gasteiger partial charge on any atom is 0.243 e. The van der Waals surface area contributed by atoms with Crippen molar-refractivity contribution >= 4 is 21.6 Å². The number of anilines is 1. The minimum atomic E-state index is -3.57. The van der Waals surface area contributed by atoms with Crippen LogP contribution < -0.4 is 5.32 Å². The number of carbonyl (C=O) groups is 1. The Balaban J connectivity index is 2.24. The van der Waals surface area contributed by atoms with Gasteiger partial charge in [0.05, 0.1) is 10.6 Å². The molecule has 1 amide bonds. The summed E-state index contributed by atoms with van der Waals surface area (Å²) in [4.78, 5) is 11.9. The van der Waals surface area contributed by atoms with Crippen molar-refractivity contribution in [2.24, 2.45) is 5.92 Å². The number of benzene rings is 1. The number of rotatable bonds is 5. The summed E-state index contributed by atoms with van der Waals surface area (Å²) in [5.74, 6) is -0.211. The Hall–Kier alpha value is -1.60. The Morgan fingerprint density at radius 3 is 2.55 bits per heavy atom. The van der Waals surface area contributed by atoms with Gasteiger partial charge in [-0.05, 0) is 37.0 Å². The molecule has 0 unspecified atom stereocenters. The van der Waals surface area contributed by atoms with Crippen molar-refractivity contribution in [3.8, 4) is 5.75 Å². The zero-order valence-corrected chi connectivity index (χ0v) is 13.7. The fraction of sp³-hybridized carbons (Fsp3) is 0.533. The topological polar surface area (TPSA) is 86.7 Å². The molecule has 0 aromatic heterocycles. The number of nitrogens with one attached hydrogen (secondary N) is 1. The van der Waals surface area contributed by atoms with Crippen LogP contribution in [0.5, 0.6) is 5.75 Å². The molecule has 1 aliphatic rings. The number of amides is 1. The quantitative estimate of drug-likeness (QED) is 0.812. The molecule has 1 aromatic rings. The standard InChI is InChI=1S/C15H22N2O4S/c1-11(2)9-15(19)16-13-10-12(5-6-14(13)18)22(20,21)17-7-3-4-8-17/h5-6,10-11,18H,3-4,7-9H2,1-2H3,(H,16,19). The van der Waals surface area contributed by atoms with Gasteiger partial charge in [-0.2, -0.15) is 4.31 Å². The zero-order valence-electron chi connectivity index (χ0n) is 12.9. The first kappa shape index (κ1) is 16.8. The second-order valence-corrected chi connectivity index (χ2v) is 7.87. The highest BCUT2D eigenvalue weighted by Gasteiger charge is 2.27. The maximum atomic E-state index is 12.5. The molecule has 1 fully saturated rings. The minimum absolute atomic E-state index is 0.0899. The smallest absolute Gasteiger partial charge is 0.243 e. The molecule has 2 rings (SSSR count). The lowest BCUT2D eigenvalue weighted by Gasteiger charge is -2.17. The van der Waals surface area contributed by atoms with E-state index < -0.39 is 10.0 Å². The molecule has 2 N–H and O–H groups in total. The summed E-state index contributed by atoms with van der Waals surface area (Å²) in [6, 6.07) is 3.98. The predicted molar refractivity (Wildman–Crippen MR) is 84.2 cm³/mol. The molecule has 1 aliphatic heterocycles. The van der Waals surface area contributed by atoms with E-state index in [9.17, 15) is 18.3 Å². The second-order valence-electron chi connectivity index (χ2n) is 5.94. The number of nitrogens with zero attached hydrogens (tertiary/aromatic N) is 1. The van der Waals surface area contributed by atoms with Crippen LogP contribution in [0.25, 0.3) is 0 Å². The monoisotopic (exact) mass is 326 g/mol. The third-order valence-corrected chi connectivity index (χ3v) is 5.43. The predicted octanol–water partition coefficient (Wildman–Crippen LogP) is 2.16. The molecule has 1 heterocycles. The van der Waals surface area contributed by atoms with Crippen LogP contribution in [0.1, 0.15) is 33.1 Å². The first-order valence-electron chi connectivity index (χ1n) is 7.43. The summed E-state index contributed by atoms with van der Waals surface area (Å²) in [6.07, 6.45) is 2.02. The van der Waals surface area contributed by atoms with Crippen molar-refractivity contribution in [1.29, 1.82) is 0 Å². The molecule has 0 saturated carbocycles. The van der Waals surface area contributed by atoms with E-state index in [2.05, 4.69) is 5.32 Å². The van der Waals surface area contributed by atoms with Crippen molar-refractivity contribution in [2.75, 3.05) is 18.4 Å². The van der Waals surface area contributed by atoms with E-state index in [0.717, 1.165) is 12.8 Å². The third-order valence-electron chi connectivity index (χ3n) is 3.54. The lowest BCUT2D eigenvalue weighted by molar-refractivity contribution is -0.116. The van der Waals surface area contributed by atoms with Crippen LogP contribution in [0.4, 0.5) is 5.69 Å². The Kier molecular flexibility index (Phi) is 5.08. The maximum absolute atomic E-state index is 12.5. The van der Waals surface area contributed by atoms with Gasteiger partial charge in [-0.25, -0.2) is 8.42 Å². The number of phenols is 1. The Bertz CT molecular complexity index is 650. The molecule has 0 aliphatic carbocycles. The molecule has 0 bridgehead atoms. The van der Waals surface area contributed by atoms with E-state index in [1.165, 1.54) is 22.5 Å². The van der Waals surface area contributed by atoms with Crippen LogP contribution in [0.2, 0.25) is 0 Å². The van der Waals surface area contributed by atoms with Gasteiger partial charge < -0.3 is 10.4 Å².